The molecule has 0 radical (unpaired) electrons. The molecule has 1 heterocycles. The smallest absolute Gasteiger partial charge is 0.161 e. The maximum atomic E-state index is 6.17. The average molecular weight is 256 g/mol. The fourth-order valence-corrected chi connectivity index (χ4v) is 2.59. The Kier molecular flexibility index (Phi) is 3.67. The number of ether oxygens (including phenoxy) is 2. The van der Waals surface area contributed by atoms with Crippen LogP contribution in [0.2, 0.25) is 5.02 Å². The van der Waals surface area contributed by atoms with Crippen LogP contribution < -0.4 is 14.8 Å². The summed E-state index contributed by atoms with van der Waals surface area (Å²) in [5.74, 6) is 2.20. The lowest BCUT2D eigenvalue weighted by Crippen LogP contribution is -2.23. The quantitative estimate of drug-likeness (QED) is 0.899. The second kappa shape index (κ2) is 5.05. The molecule has 4 heteroatoms. The number of halogens is 1. The van der Waals surface area contributed by atoms with E-state index in [-0.39, 0.29) is 0 Å². The van der Waals surface area contributed by atoms with Gasteiger partial charge in [-0.15, -0.1) is 0 Å². The lowest BCUT2D eigenvalue weighted by atomic mass is 9.91. The number of rotatable bonds is 3. The third kappa shape index (κ3) is 2.16. The van der Waals surface area contributed by atoms with Crippen LogP contribution in [0.5, 0.6) is 11.5 Å². The summed E-state index contributed by atoms with van der Waals surface area (Å²) in [5.41, 5.74) is 2.16. The molecule has 0 aromatic heterocycles. The largest absolute Gasteiger partial charge is 0.496 e. The topological polar surface area (TPSA) is 30.5 Å². The molecule has 3 nitrogen and oxygen atoms in total. The normalized spacial score (nSPS) is 18.2. The molecule has 0 spiro atoms. The van der Waals surface area contributed by atoms with Crippen LogP contribution >= 0.6 is 11.6 Å². The summed E-state index contributed by atoms with van der Waals surface area (Å²) >= 11 is 6.17. The molecule has 0 amide bonds. The van der Waals surface area contributed by atoms with Crippen molar-refractivity contribution in [3.63, 3.8) is 0 Å². The van der Waals surface area contributed by atoms with Gasteiger partial charge in [-0.2, -0.15) is 0 Å². The van der Waals surface area contributed by atoms with E-state index in [1.54, 1.807) is 14.2 Å². The zero-order valence-corrected chi connectivity index (χ0v) is 11.2. The number of nitrogens with one attached hydrogen (secondary N) is 1. The molecule has 1 aliphatic heterocycles. The Morgan fingerprint density at radius 3 is 2.76 bits per heavy atom. The minimum absolute atomic E-state index is 0.588. The second-order valence-corrected chi connectivity index (χ2v) is 4.71. The first-order valence-electron chi connectivity index (χ1n) is 5.88. The van der Waals surface area contributed by atoms with Crippen molar-refractivity contribution >= 4 is 17.3 Å². The first kappa shape index (κ1) is 12.4. The molecule has 0 saturated carbocycles. The fraction of sp³-hybridized carbons (Fsp3) is 0.538. The zero-order valence-electron chi connectivity index (χ0n) is 10.5. The van der Waals surface area contributed by atoms with Gasteiger partial charge in [0.1, 0.15) is 5.75 Å². The van der Waals surface area contributed by atoms with Gasteiger partial charge in [-0.05, 0) is 12.3 Å². The molecule has 17 heavy (non-hydrogen) atoms. The van der Waals surface area contributed by atoms with Crippen LogP contribution in [-0.4, -0.2) is 20.8 Å². The maximum Gasteiger partial charge on any atom is 0.161 e. The number of hydrogen-bond donors (Lipinski definition) is 1. The first-order valence-corrected chi connectivity index (χ1v) is 6.26. The van der Waals surface area contributed by atoms with Gasteiger partial charge in [-0.3, -0.25) is 0 Å². The summed E-state index contributed by atoms with van der Waals surface area (Å²) in [4.78, 5) is 0. The summed E-state index contributed by atoms with van der Waals surface area (Å²) in [6.45, 7) is 3.17. The highest BCUT2D eigenvalue weighted by Crippen LogP contribution is 2.44. The summed E-state index contributed by atoms with van der Waals surface area (Å²) in [7, 11) is 3.32. The Morgan fingerprint density at radius 1 is 1.41 bits per heavy atom. The average Bonchev–Trinajstić information content (AvgIpc) is 2.37. The van der Waals surface area contributed by atoms with Gasteiger partial charge < -0.3 is 14.8 Å². The predicted octanol–water partition coefficient (Wildman–Crippen LogP) is 3.35. The number of hydrogen-bond acceptors (Lipinski definition) is 3. The van der Waals surface area contributed by atoms with Crippen LogP contribution in [0.3, 0.4) is 0 Å². The SMILES string of the molecule is CCC1CNc2c(c(OC)cc(Cl)c2OC)C1. The van der Waals surface area contributed by atoms with E-state index in [0.29, 0.717) is 10.9 Å². The second-order valence-electron chi connectivity index (χ2n) is 4.31. The Balaban J connectivity index is 2.50. The van der Waals surface area contributed by atoms with E-state index in [1.807, 2.05) is 6.07 Å². The van der Waals surface area contributed by atoms with Crippen molar-refractivity contribution in [1.82, 2.24) is 0 Å². The molecule has 0 saturated heterocycles. The summed E-state index contributed by atoms with van der Waals surface area (Å²) in [6.07, 6.45) is 2.16. The predicted molar refractivity (Wildman–Crippen MR) is 70.5 cm³/mol. The molecule has 1 aromatic carbocycles. The maximum absolute atomic E-state index is 6.17. The molecule has 2 rings (SSSR count). The zero-order chi connectivity index (χ0) is 12.4. The lowest BCUT2D eigenvalue weighted by molar-refractivity contribution is 0.391. The van der Waals surface area contributed by atoms with E-state index in [2.05, 4.69) is 12.2 Å². The van der Waals surface area contributed by atoms with Gasteiger partial charge in [-0.25, -0.2) is 0 Å². The van der Waals surface area contributed by atoms with E-state index in [0.717, 1.165) is 36.6 Å². The van der Waals surface area contributed by atoms with Crippen molar-refractivity contribution in [3.8, 4) is 11.5 Å². The number of benzene rings is 1. The molecule has 1 aliphatic rings. The molecule has 1 aromatic rings. The van der Waals surface area contributed by atoms with Gasteiger partial charge in [0, 0.05) is 18.2 Å². The Labute approximate surface area is 107 Å². The van der Waals surface area contributed by atoms with Crippen LogP contribution in [0.15, 0.2) is 6.07 Å². The van der Waals surface area contributed by atoms with Crippen molar-refractivity contribution in [1.29, 1.82) is 0 Å². The van der Waals surface area contributed by atoms with Crippen LogP contribution in [0, 0.1) is 5.92 Å². The molecule has 94 valence electrons. The van der Waals surface area contributed by atoms with Crippen molar-refractivity contribution in [2.45, 2.75) is 19.8 Å². The van der Waals surface area contributed by atoms with Crippen molar-refractivity contribution in [2.24, 2.45) is 5.92 Å². The van der Waals surface area contributed by atoms with Gasteiger partial charge in [0.25, 0.3) is 0 Å². The van der Waals surface area contributed by atoms with Crippen molar-refractivity contribution < 1.29 is 9.47 Å². The van der Waals surface area contributed by atoms with Gasteiger partial charge in [0.05, 0.1) is 24.9 Å². The van der Waals surface area contributed by atoms with E-state index in [1.165, 1.54) is 5.56 Å². The van der Waals surface area contributed by atoms with Crippen LogP contribution in [0.1, 0.15) is 18.9 Å². The van der Waals surface area contributed by atoms with E-state index >= 15 is 0 Å². The van der Waals surface area contributed by atoms with E-state index in [4.69, 9.17) is 21.1 Å². The van der Waals surface area contributed by atoms with Gasteiger partial charge in [0.15, 0.2) is 5.75 Å². The van der Waals surface area contributed by atoms with E-state index in [9.17, 15) is 0 Å². The highest BCUT2D eigenvalue weighted by molar-refractivity contribution is 6.32. The fourth-order valence-electron chi connectivity index (χ4n) is 2.31. The van der Waals surface area contributed by atoms with Crippen LogP contribution in [-0.2, 0) is 6.42 Å². The molecule has 1 unspecified atom stereocenters. The summed E-state index contributed by atoms with van der Waals surface area (Å²) < 4.78 is 10.8. The molecular weight excluding hydrogens is 238 g/mol. The minimum atomic E-state index is 0.588. The first-order chi connectivity index (χ1) is 8.21. The third-order valence-electron chi connectivity index (χ3n) is 3.36. The number of methoxy groups -OCH3 is 2. The van der Waals surface area contributed by atoms with Gasteiger partial charge >= 0.3 is 0 Å². The van der Waals surface area contributed by atoms with Crippen LogP contribution in [0.25, 0.3) is 0 Å². The monoisotopic (exact) mass is 255 g/mol. The van der Waals surface area contributed by atoms with Crippen LogP contribution in [0.4, 0.5) is 5.69 Å². The molecule has 1 atom stereocenters. The highest BCUT2D eigenvalue weighted by Gasteiger charge is 2.25. The number of fused-ring (bicyclic) bond motifs is 1. The standard InChI is InChI=1S/C13H18ClNO2/c1-4-8-5-9-11(16-2)6-10(14)13(17-3)12(9)15-7-8/h6,8,15H,4-5,7H2,1-3H3. The van der Waals surface area contributed by atoms with Gasteiger partial charge in [-0.1, -0.05) is 24.9 Å². The third-order valence-corrected chi connectivity index (χ3v) is 3.64. The van der Waals surface area contributed by atoms with E-state index < -0.39 is 0 Å². The number of anilines is 1. The molecule has 0 bridgehead atoms. The summed E-state index contributed by atoms with van der Waals surface area (Å²) in [6, 6.07) is 1.83. The lowest BCUT2D eigenvalue weighted by Gasteiger charge is -2.28. The Morgan fingerprint density at radius 2 is 2.18 bits per heavy atom. The van der Waals surface area contributed by atoms with Crippen molar-refractivity contribution in [3.05, 3.63) is 16.7 Å². The molecule has 0 fully saturated rings. The molecule has 0 aliphatic carbocycles. The molecular formula is C13H18ClNO2. The summed E-state index contributed by atoms with van der Waals surface area (Å²) in [5, 5.41) is 4.00. The Bertz CT molecular complexity index is 420. The molecule has 1 N–H and O–H groups in total. The van der Waals surface area contributed by atoms with Crippen molar-refractivity contribution in [2.75, 3.05) is 26.1 Å². The highest BCUT2D eigenvalue weighted by atomic mass is 35.5. The van der Waals surface area contributed by atoms with Gasteiger partial charge in [0.2, 0.25) is 0 Å². The minimum Gasteiger partial charge on any atom is -0.496 e. The Hall–Kier alpha value is -1.09.